The minimum Gasteiger partial charge on any atom is -1.00 e. The average molecular weight is 294 g/mol. The molecule has 0 spiro atoms. The van der Waals surface area contributed by atoms with E-state index in [2.05, 4.69) is 37.3 Å². The average Bonchev–Trinajstić information content (AvgIpc) is 2.25. The van der Waals surface area contributed by atoms with E-state index < -0.39 is 0 Å². The van der Waals surface area contributed by atoms with E-state index in [0.29, 0.717) is 0 Å². The molecule has 0 aliphatic rings. The number of hydrogen-bond acceptors (Lipinski definition) is 0. The number of aryl methyl sites for hydroxylation is 1. The molecule has 0 N–H and O–H groups in total. The number of halogens is 1. The van der Waals surface area contributed by atoms with Crippen LogP contribution < -0.4 is 17.0 Å². The molecule has 0 nitrogen and oxygen atoms in total. The van der Waals surface area contributed by atoms with E-state index in [0.717, 1.165) is 6.42 Å². The number of hydrogen-bond donors (Lipinski definition) is 0. The molecule has 0 aliphatic carbocycles. The molecule has 1 rings (SSSR count). The summed E-state index contributed by atoms with van der Waals surface area (Å²) in [6.07, 6.45) is 9.08. The summed E-state index contributed by atoms with van der Waals surface area (Å²) < 4.78 is 0. The first-order chi connectivity index (χ1) is 6.93. The van der Waals surface area contributed by atoms with Gasteiger partial charge in [0.2, 0.25) is 0 Å². The molecule has 0 saturated heterocycles. The van der Waals surface area contributed by atoms with Crippen molar-refractivity contribution in [3.8, 4) is 0 Å². The van der Waals surface area contributed by atoms with E-state index in [-0.39, 0.29) is 40.0 Å². The monoisotopic (exact) mass is 292 g/mol. The Balaban J connectivity index is 0. The van der Waals surface area contributed by atoms with Gasteiger partial charge in [0.1, 0.15) is 0 Å². The molecule has 0 bridgehead atoms. The molecule has 0 radical (unpaired) electrons. The van der Waals surface area contributed by atoms with E-state index in [1.165, 1.54) is 44.1 Å². The molecular weight excluding hydrogens is 272 g/mol. The quantitative estimate of drug-likeness (QED) is 0.400. The third-order valence-corrected chi connectivity index (χ3v) is 2.56. The van der Waals surface area contributed by atoms with Gasteiger partial charge in [-0.15, -0.1) is 0 Å². The summed E-state index contributed by atoms with van der Waals surface area (Å²) in [6.45, 7) is 3.85. The van der Waals surface area contributed by atoms with Gasteiger partial charge in [0.25, 0.3) is 0 Å². The SMILES string of the molecule is [Br-].[CH2-]CCCCCCCc1ccccc1.[Mg+2]. The van der Waals surface area contributed by atoms with Crippen LogP contribution in [0.1, 0.15) is 44.1 Å². The second kappa shape index (κ2) is 13.5. The van der Waals surface area contributed by atoms with Gasteiger partial charge < -0.3 is 23.9 Å². The molecule has 0 aromatic heterocycles. The summed E-state index contributed by atoms with van der Waals surface area (Å²) in [5.41, 5.74) is 1.48. The smallest absolute Gasteiger partial charge is 1.00 e. The first-order valence-electron chi connectivity index (χ1n) is 5.76. The molecule has 0 heterocycles. The van der Waals surface area contributed by atoms with Gasteiger partial charge in [-0.05, 0) is 18.4 Å². The van der Waals surface area contributed by atoms with Crippen LogP contribution in [0.4, 0.5) is 0 Å². The maximum Gasteiger partial charge on any atom is 2.00 e. The summed E-state index contributed by atoms with van der Waals surface area (Å²) >= 11 is 0. The largest absolute Gasteiger partial charge is 2.00 e. The van der Waals surface area contributed by atoms with Crippen LogP contribution >= 0.6 is 0 Å². The molecule has 2 heteroatoms. The summed E-state index contributed by atoms with van der Waals surface area (Å²) in [5, 5.41) is 0. The number of unbranched alkanes of at least 4 members (excludes halogenated alkanes) is 5. The fourth-order valence-corrected chi connectivity index (χ4v) is 1.68. The Morgan fingerprint density at radius 1 is 0.812 bits per heavy atom. The fourth-order valence-electron chi connectivity index (χ4n) is 1.68. The standard InChI is InChI=1S/C14H21.BrH.Mg/c1-2-3-4-5-6-8-11-14-12-9-7-10-13-14;;/h7,9-10,12-13H,1-6,8,11H2;1H;/q-1;;+2/p-1. The van der Waals surface area contributed by atoms with Gasteiger partial charge in [0.15, 0.2) is 0 Å². The van der Waals surface area contributed by atoms with Crippen LogP contribution in [-0.4, -0.2) is 23.1 Å². The van der Waals surface area contributed by atoms with Gasteiger partial charge in [0, 0.05) is 0 Å². The van der Waals surface area contributed by atoms with E-state index in [1.54, 1.807) is 0 Å². The molecule has 0 fully saturated rings. The Kier molecular flexibility index (Phi) is 15.9. The molecule has 1 aromatic rings. The predicted octanol–water partition coefficient (Wildman–Crippen LogP) is 1.03. The molecule has 0 aliphatic heterocycles. The molecule has 0 amide bonds. The van der Waals surface area contributed by atoms with Gasteiger partial charge in [-0.1, -0.05) is 56.0 Å². The topological polar surface area (TPSA) is 0 Å². The van der Waals surface area contributed by atoms with Crippen molar-refractivity contribution in [3.05, 3.63) is 42.8 Å². The Morgan fingerprint density at radius 2 is 1.38 bits per heavy atom. The molecule has 86 valence electrons. The summed E-state index contributed by atoms with van der Waals surface area (Å²) in [4.78, 5) is 0. The van der Waals surface area contributed by atoms with Crippen LogP contribution in [0, 0.1) is 6.92 Å². The summed E-state index contributed by atoms with van der Waals surface area (Å²) in [7, 11) is 0. The Hall–Kier alpha value is 0.466. The normalized spacial score (nSPS) is 9.06. The fraction of sp³-hybridized carbons (Fsp3) is 0.500. The van der Waals surface area contributed by atoms with Crippen molar-refractivity contribution in [2.75, 3.05) is 0 Å². The molecule has 0 atom stereocenters. The van der Waals surface area contributed by atoms with E-state index >= 15 is 0 Å². The minimum atomic E-state index is 0. The maximum atomic E-state index is 3.85. The van der Waals surface area contributed by atoms with Crippen LogP contribution in [0.15, 0.2) is 30.3 Å². The van der Waals surface area contributed by atoms with E-state index in [4.69, 9.17) is 0 Å². The molecule has 0 saturated carbocycles. The Morgan fingerprint density at radius 3 is 2.00 bits per heavy atom. The Labute approximate surface area is 127 Å². The van der Waals surface area contributed by atoms with Crippen LogP contribution in [0.5, 0.6) is 0 Å². The maximum absolute atomic E-state index is 3.85. The molecule has 1 aromatic carbocycles. The van der Waals surface area contributed by atoms with Crippen LogP contribution in [0.25, 0.3) is 0 Å². The van der Waals surface area contributed by atoms with E-state index in [1.807, 2.05) is 0 Å². The van der Waals surface area contributed by atoms with Crippen molar-refractivity contribution in [2.24, 2.45) is 0 Å². The van der Waals surface area contributed by atoms with Crippen molar-refractivity contribution in [2.45, 2.75) is 44.9 Å². The van der Waals surface area contributed by atoms with Crippen LogP contribution in [0.3, 0.4) is 0 Å². The first-order valence-corrected chi connectivity index (χ1v) is 5.76. The van der Waals surface area contributed by atoms with Crippen LogP contribution in [0.2, 0.25) is 0 Å². The third-order valence-electron chi connectivity index (χ3n) is 2.56. The number of rotatable bonds is 7. The first kappa shape index (κ1) is 18.8. The zero-order chi connectivity index (χ0) is 10.1. The number of benzene rings is 1. The van der Waals surface area contributed by atoms with Gasteiger partial charge in [-0.3, -0.25) is 0 Å². The minimum absolute atomic E-state index is 0. The Bertz CT molecular complexity index is 223. The molecule has 0 unspecified atom stereocenters. The molecule has 16 heavy (non-hydrogen) atoms. The van der Waals surface area contributed by atoms with Gasteiger partial charge in [-0.2, -0.15) is 6.42 Å². The van der Waals surface area contributed by atoms with Crippen molar-refractivity contribution in [3.63, 3.8) is 0 Å². The van der Waals surface area contributed by atoms with Crippen LogP contribution in [-0.2, 0) is 6.42 Å². The van der Waals surface area contributed by atoms with Crippen molar-refractivity contribution >= 4 is 23.1 Å². The van der Waals surface area contributed by atoms with Crippen molar-refractivity contribution in [1.29, 1.82) is 0 Å². The second-order valence-corrected chi connectivity index (χ2v) is 3.86. The zero-order valence-electron chi connectivity index (χ0n) is 10.1. The zero-order valence-corrected chi connectivity index (χ0v) is 13.1. The third kappa shape index (κ3) is 9.68. The van der Waals surface area contributed by atoms with Gasteiger partial charge in [-0.25, -0.2) is 0 Å². The van der Waals surface area contributed by atoms with E-state index in [9.17, 15) is 0 Å². The van der Waals surface area contributed by atoms with Crippen molar-refractivity contribution in [1.82, 2.24) is 0 Å². The molecular formula is C14H21BrMg. The predicted molar refractivity (Wildman–Crippen MR) is 69.0 cm³/mol. The summed E-state index contributed by atoms with van der Waals surface area (Å²) in [6, 6.07) is 10.8. The van der Waals surface area contributed by atoms with Gasteiger partial charge >= 0.3 is 23.1 Å². The van der Waals surface area contributed by atoms with Gasteiger partial charge in [0.05, 0.1) is 0 Å². The van der Waals surface area contributed by atoms with Crippen molar-refractivity contribution < 1.29 is 17.0 Å². The summed E-state index contributed by atoms with van der Waals surface area (Å²) in [5.74, 6) is 0. The second-order valence-electron chi connectivity index (χ2n) is 3.86.